The predicted molar refractivity (Wildman–Crippen MR) is 123 cm³/mol. The minimum atomic E-state index is 0.208. The van der Waals surface area contributed by atoms with E-state index in [1.165, 1.54) is 0 Å². The molecule has 0 radical (unpaired) electrons. The Morgan fingerprint density at radius 2 is 1.57 bits per heavy atom. The number of aromatic hydroxyl groups is 1. The molecular formula is C19H24IN7O3. The highest BCUT2D eigenvalue weighted by Gasteiger charge is 2.20. The molecule has 0 spiro atoms. The van der Waals surface area contributed by atoms with Gasteiger partial charge in [-0.05, 0) is 47.2 Å². The first-order valence-electron chi connectivity index (χ1n) is 9.80. The van der Waals surface area contributed by atoms with E-state index in [1.54, 1.807) is 6.21 Å². The van der Waals surface area contributed by atoms with Gasteiger partial charge < -0.3 is 24.4 Å². The van der Waals surface area contributed by atoms with Crippen molar-refractivity contribution in [3.8, 4) is 5.75 Å². The van der Waals surface area contributed by atoms with Crippen LogP contribution >= 0.6 is 22.6 Å². The number of halogens is 1. The second-order valence-corrected chi connectivity index (χ2v) is 8.23. The maximum absolute atomic E-state index is 10.2. The number of phenolic OH excluding ortho intramolecular Hbond substituents is 1. The van der Waals surface area contributed by atoms with Crippen molar-refractivity contribution < 1.29 is 14.6 Å². The van der Waals surface area contributed by atoms with Gasteiger partial charge in [0.15, 0.2) is 0 Å². The lowest BCUT2D eigenvalue weighted by Crippen LogP contribution is -2.40. The largest absolute Gasteiger partial charge is 0.507 e. The Hall–Kier alpha value is -2.25. The lowest BCUT2D eigenvalue weighted by atomic mass is 10.1. The first-order chi connectivity index (χ1) is 14.6. The Kier molecular flexibility index (Phi) is 6.79. The number of rotatable bonds is 5. The van der Waals surface area contributed by atoms with Crippen molar-refractivity contribution in [1.82, 2.24) is 15.0 Å². The number of anilines is 3. The molecule has 4 rings (SSSR count). The summed E-state index contributed by atoms with van der Waals surface area (Å²) < 4.78 is 11.9. The third-order valence-corrected chi connectivity index (χ3v) is 5.49. The standard InChI is InChI=1S/C19H24IN7O3/c1-13-10-15(20)11-14(16(13)28)12-21-25-17-22-18(26-2-6-29-7-3-26)24-19(23-17)27-4-8-30-9-5-27/h10-12,28H,2-9H2,1H3,(H,22,23,24,25)/b21-12-. The molecule has 10 nitrogen and oxygen atoms in total. The summed E-state index contributed by atoms with van der Waals surface area (Å²) in [5, 5.41) is 14.5. The molecular weight excluding hydrogens is 501 g/mol. The molecule has 2 fully saturated rings. The predicted octanol–water partition coefficient (Wildman–Crippen LogP) is 1.61. The maximum Gasteiger partial charge on any atom is 0.250 e. The second kappa shape index (κ2) is 9.71. The van der Waals surface area contributed by atoms with Crippen LogP contribution in [-0.2, 0) is 9.47 Å². The number of ether oxygens (including phenoxy) is 2. The number of hydrazone groups is 1. The topological polar surface area (TPSA) is 108 Å². The number of phenols is 1. The lowest BCUT2D eigenvalue weighted by Gasteiger charge is -2.30. The van der Waals surface area contributed by atoms with Crippen LogP contribution in [0.2, 0.25) is 0 Å². The van der Waals surface area contributed by atoms with Gasteiger partial charge in [0, 0.05) is 35.3 Å². The summed E-state index contributed by atoms with van der Waals surface area (Å²) in [6.45, 7) is 7.34. The molecule has 30 heavy (non-hydrogen) atoms. The molecule has 0 aliphatic carbocycles. The van der Waals surface area contributed by atoms with E-state index in [0.717, 1.165) is 35.3 Å². The second-order valence-electron chi connectivity index (χ2n) is 6.99. The minimum absolute atomic E-state index is 0.208. The van der Waals surface area contributed by atoms with E-state index >= 15 is 0 Å². The summed E-state index contributed by atoms with van der Waals surface area (Å²) in [5.74, 6) is 1.76. The third-order valence-electron chi connectivity index (χ3n) is 4.86. The Balaban J connectivity index is 1.58. The van der Waals surface area contributed by atoms with Crippen LogP contribution in [0.15, 0.2) is 17.2 Å². The highest BCUT2D eigenvalue weighted by Crippen LogP contribution is 2.23. The van der Waals surface area contributed by atoms with Gasteiger partial charge in [0.2, 0.25) is 17.8 Å². The molecule has 2 N–H and O–H groups in total. The van der Waals surface area contributed by atoms with Crippen molar-refractivity contribution in [3.05, 3.63) is 26.8 Å². The Labute approximate surface area is 188 Å². The number of aryl methyl sites for hydroxylation is 1. The number of hydrogen-bond donors (Lipinski definition) is 2. The van der Waals surface area contributed by atoms with Gasteiger partial charge in [-0.1, -0.05) is 0 Å². The van der Waals surface area contributed by atoms with E-state index in [0.29, 0.717) is 49.8 Å². The zero-order chi connectivity index (χ0) is 20.9. The molecule has 3 heterocycles. The van der Waals surface area contributed by atoms with E-state index in [9.17, 15) is 5.11 Å². The van der Waals surface area contributed by atoms with Crippen LogP contribution in [0.25, 0.3) is 0 Å². The highest BCUT2D eigenvalue weighted by molar-refractivity contribution is 14.1. The third kappa shape index (κ3) is 5.08. The highest BCUT2D eigenvalue weighted by atomic mass is 127. The van der Waals surface area contributed by atoms with Crippen molar-refractivity contribution in [3.63, 3.8) is 0 Å². The van der Waals surface area contributed by atoms with Crippen LogP contribution in [0.5, 0.6) is 5.75 Å². The van der Waals surface area contributed by atoms with E-state index in [-0.39, 0.29) is 5.75 Å². The number of hydrogen-bond acceptors (Lipinski definition) is 10. The molecule has 2 aliphatic rings. The number of benzene rings is 1. The van der Waals surface area contributed by atoms with Gasteiger partial charge in [-0.15, -0.1) is 0 Å². The van der Waals surface area contributed by atoms with E-state index in [2.05, 4.69) is 57.9 Å². The molecule has 2 aliphatic heterocycles. The molecule has 2 aromatic rings. The van der Waals surface area contributed by atoms with Crippen LogP contribution in [0.4, 0.5) is 17.8 Å². The number of morpholine rings is 2. The average Bonchev–Trinajstić information content (AvgIpc) is 2.78. The quantitative estimate of drug-likeness (QED) is 0.342. The van der Waals surface area contributed by atoms with Crippen LogP contribution in [-0.4, -0.2) is 78.9 Å². The minimum Gasteiger partial charge on any atom is -0.507 e. The Morgan fingerprint density at radius 1 is 1.00 bits per heavy atom. The summed E-state index contributed by atoms with van der Waals surface area (Å²) in [4.78, 5) is 17.9. The SMILES string of the molecule is Cc1cc(I)cc(/C=N\Nc2nc(N3CCOCC3)nc(N3CCOCC3)n2)c1O. The van der Waals surface area contributed by atoms with Gasteiger partial charge in [-0.3, -0.25) is 0 Å². The zero-order valence-electron chi connectivity index (χ0n) is 16.7. The molecule has 0 atom stereocenters. The van der Waals surface area contributed by atoms with Crippen molar-refractivity contribution in [2.24, 2.45) is 5.10 Å². The summed E-state index contributed by atoms with van der Waals surface area (Å²) in [6.07, 6.45) is 1.57. The van der Waals surface area contributed by atoms with Gasteiger partial charge in [-0.25, -0.2) is 5.43 Å². The number of aromatic nitrogens is 3. The van der Waals surface area contributed by atoms with E-state index in [1.807, 2.05) is 19.1 Å². The van der Waals surface area contributed by atoms with Gasteiger partial charge >= 0.3 is 0 Å². The van der Waals surface area contributed by atoms with E-state index < -0.39 is 0 Å². The molecule has 0 amide bonds. The fourth-order valence-electron chi connectivity index (χ4n) is 3.23. The lowest BCUT2D eigenvalue weighted by molar-refractivity contribution is 0.121. The van der Waals surface area contributed by atoms with Gasteiger partial charge in [-0.2, -0.15) is 20.1 Å². The zero-order valence-corrected chi connectivity index (χ0v) is 18.9. The summed E-state index contributed by atoms with van der Waals surface area (Å²) in [6, 6.07) is 3.77. The molecule has 1 aromatic carbocycles. The van der Waals surface area contributed by atoms with E-state index in [4.69, 9.17) is 9.47 Å². The molecule has 0 saturated carbocycles. The van der Waals surface area contributed by atoms with Gasteiger partial charge in [0.1, 0.15) is 5.75 Å². The van der Waals surface area contributed by atoms with Gasteiger partial charge in [0.25, 0.3) is 0 Å². The van der Waals surface area contributed by atoms with Crippen LogP contribution in [0.1, 0.15) is 11.1 Å². The Bertz CT molecular complexity index is 879. The van der Waals surface area contributed by atoms with Crippen molar-refractivity contribution >= 4 is 46.7 Å². The molecule has 1 aromatic heterocycles. The van der Waals surface area contributed by atoms with Crippen molar-refractivity contribution in [1.29, 1.82) is 0 Å². The Morgan fingerprint density at radius 3 is 2.13 bits per heavy atom. The number of nitrogens with zero attached hydrogens (tertiary/aromatic N) is 6. The first kappa shape index (κ1) is 21.0. The van der Waals surface area contributed by atoms with Crippen molar-refractivity contribution in [2.75, 3.05) is 67.8 Å². The summed E-state index contributed by atoms with van der Waals surface area (Å²) in [7, 11) is 0. The normalized spacial score (nSPS) is 17.5. The van der Waals surface area contributed by atoms with Crippen LogP contribution in [0, 0.1) is 10.5 Å². The molecule has 11 heteroatoms. The monoisotopic (exact) mass is 525 g/mol. The molecule has 160 valence electrons. The van der Waals surface area contributed by atoms with Crippen LogP contribution in [0.3, 0.4) is 0 Å². The van der Waals surface area contributed by atoms with Gasteiger partial charge in [0.05, 0.1) is 32.6 Å². The maximum atomic E-state index is 10.2. The number of nitrogens with one attached hydrogen (secondary N) is 1. The van der Waals surface area contributed by atoms with Crippen LogP contribution < -0.4 is 15.2 Å². The molecule has 0 bridgehead atoms. The fraction of sp³-hybridized carbons (Fsp3) is 0.474. The fourth-order valence-corrected chi connectivity index (χ4v) is 4.04. The smallest absolute Gasteiger partial charge is 0.250 e. The molecule has 2 saturated heterocycles. The first-order valence-corrected chi connectivity index (χ1v) is 10.9. The van der Waals surface area contributed by atoms with Crippen molar-refractivity contribution in [2.45, 2.75) is 6.92 Å². The average molecular weight is 525 g/mol. The molecule has 0 unspecified atom stereocenters. The summed E-state index contributed by atoms with van der Waals surface area (Å²) >= 11 is 2.21. The summed E-state index contributed by atoms with van der Waals surface area (Å²) in [5.41, 5.74) is 4.32.